The summed E-state index contributed by atoms with van der Waals surface area (Å²) in [6.07, 6.45) is 10.3. The lowest BCUT2D eigenvalue weighted by molar-refractivity contribution is -0.219. The zero-order chi connectivity index (χ0) is 25.8. The minimum atomic E-state index is -0.599. The second-order valence-electron chi connectivity index (χ2n) is 15.0. The Kier molecular flexibility index (Phi) is 5.10. The summed E-state index contributed by atoms with van der Waals surface area (Å²) in [5.74, 6) is 0.569. The van der Waals surface area contributed by atoms with Gasteiger partial charge >= 0.3 is 0 Å². The van der Waals surface area contributed by atoms with Crippen molar-refractivity contribution in [1.82, 2.24) is 0 Å². The molecule has 0 saturated heterocycles. The summed E-state index contributed by atoms with van der Waals surface area (Å²) in [5, 5.41) is 0. The topological polar surface area (TPSA) is 55.6 Å². The molecule has 4 fully saturated rings. The molecule has 0 unspecified atom stereocenters. The Hall–Kier alpha value is -1.76. The van der Waals surface area contributed by atoms with Crippen molar-refractivity contribution in [3.8, 4) is 0 Å². The molecule has 190 valence electrons. The predicted octanol–water partition coefficient (Wildman–Crippen LogP) is 6.84. The minimum Gasteiger partial charge on any atom is -0.307 e. The third-order valence-corrected chi connectivity index (χ3v) is 12.7. The van der Waals surface area contributed by atoms with E-state index in [1.165, 1.54) is 6.29 Å². The first-order valence-electron chi connectivity index (χ1n) is 13.8. The number of allylic oxidation sites excluding steroid dienone is 2. The quantitative estimate of drug-likeness (QED) is 0.307. The average molecular weight is 478 g/mol. The van der Waals surface area contributed by atoms with E-state index in [2.05, 4.69) is 39.5 Å². The number of hydrogen-bond donors (Lipinski definition) is 0. The Bertz CT molecular complexity index is 1080. The normalized spacial score (nSPS) is 49.9. The number of fused-ring (bicyclic) bond motifs is 7. The van der Waals surface area contributed by atoms with Crippen molar-refractivity contribution in [1.29, 1.82) is 0 Å². The molecule has 0 amide bonds. The Labute approximate surface area is 211 Å². The molecule has 4 heteroatoms. The number of hydrogen-bond acceptors (Lipinski definition) is 3. The highest BCUT2D eigenvalue weighted by molar-refractivity contribution is 6.02. The molecule has 0 N–H and O–H groups in total. The third kappa shape index (κ3) is 2.93. The fourth-order valence-electron chi connectivity index (χ4n) is 10.5. The van der Waals surface area contributed by atoms with E-state index >= 15 is 0 Å². The van der Waals surface area contributed by atoms with Gasteiger partial charge in [-0.25, -0.2) is 4.85 Å². The number of aldehydes is 1. The average Bonchev–Trinajstić information content (AvgIpc) is 2.77. The lowest BCUT2D eigenvalue weighted by Gasteiger charge is -2.71. The molecule has 0 aromatic carbocycles. The second-order valence-corrected chi connectivity index (χ2v) is 15.0. The van der Waals surface area contributed by atoms with Gasteiger partial charge < -0.3 is 9.59 Å². The number of carbonyl (C=O) groups excluding carboxylic acids is 3. The summed E-state index contributed by atoms with van der Waals surface area (Å²) in [6, 6.07) is 0. The van der Waals surface area contributed by atoms with Crippen LogP contribution in [-0.2, 0) is 14.4 Å². The van der Waals surface area contributed by atoms with Gasteiger partial charge in [-0.3, -0.25) is 4.79 Å². The van der Waals surface area contributed by atoms with Gasteiger partial charge in [0.2, 0.25) is 5.70 Å². The van der Waals surface area contributed by atoms with Gasteiger partial charge in [-0.2, -0.15) is 0 Å². The molecular formula is C31H43NO3. The summed E-state index contributed by atoms with van der Waals surface area (Å²) in [6.45, 7) is 23.4. The molecule has 0 spiro atoms. The standard InChI is InChI=1S/C31H43NO3/c1-26(2)11-13-31(18-33)14-12-30(7)24(19(31)16-26)21(34)15-23-28(5)17-20(32-8)25(35)27(3,4)22(28)9-10-29(23,30)6/h17-19,22-24H,9-16H2,1-7H3/t19-,22-,23+,24-,28-,29+,30+,31+/m0/s1. The van der Waals surface area contributed by atoms with Crippen LogP contribution in [0.3, 0.4) is 0 Å². The smallest absolute Gasteiger partial charge is 0.226 e. The van der Waals surface area contributed by atoms with Gasteiger partial charge in [0.15, 0.2) is 5.78 Å². The molecule has 8 atom stereocenters. The molecule has 0 aliphatic heterocycles. The van der Waals surface area contributed by atoms with E-state index in [-0.39, 0.29) is 62.2 Å². The van der Waals surface area contributed by atoms with Gasteiger partial charge in [-0.05, 0) is 84.4 Å². The van der Waals surface area contributed by atoms with Gasteiger partial charge in [-0.1, -0.05) is 54.5 Å². The van der Waals surface area contributed by atoms with Crippen molar-refractivity contribution in [2.45, 2.75) is 99.8 Å². The van der Waals surface area contributed by atoms with Crippen molar-refractivity contribution >= 4 is 17.9 Å². The van der Waals surface area contributed by atoms with Crippen LogP contribution in [0.1, 0.15) is 99.8 Å². The zero-order valence-electron chi connectivity index (χ0n) is 22.8. The van der Waals surface area contributed by atoms with E-state index in [1.807, 2.05) is 19.9 Å². The summed E-state index contributed by atoms with van der Waals surface area (Å²) >= 11 is 0. The summed E-state index contributed by atoms with van der Waals surface area (Å²) < 4.78 is 0. The highest BCUT2D eigenvalue weighted by atomic mass is 16.1. The van der Waals surface area contributed by atoms with Crippen LogP contribution < -0.4 is 0 Å². The van der Waals surface area contributed by atoms with Gasteiger partial charge in [0.1, 0.15) is 12.1 Å². The summed E-state index contributed by atoms with van der Waals surface area (Å²) in [4.78, 5) is 43.7. The number of rotatable bonds is 1. The van der Waals surface area contributed by atoms with Crippen LogP contribution in [0.4, 0.5) is 0 Å². The number of carbonyl (C=O) groups is 3. The zero-order valence-corrected chi connectivity index (χ0v) is 22.8. The summed E-state index contributed by atoms with van der Waals surface area (Å²) in [5.41, 5.74) is -1.15. The van der Waals surface area contributed by atoms with Crippen molar-refractivity contribution in [3.63, 3.8) is 0 Å². The van der Waals surface area contributed by atoms with Gasteiger partial charge in [0, 0.05) is 23.2 Å². The lowest BCUT2D eigenvalue weighted by Crippen LogP contribution is -2.68. The maximum absolute atomic E-state index is 14.3. The van der Waals surface area contributed by atoms with Crippen molar-refractivity contribution in [2.24, 2.45) is 56.2 Å². The molecule has 5 aliphatic carbocycles. The van der Waals surface area contributed by atoms with E-state index in [0.29, 0.717) is 12.2 Å². The molecular weight excluding hydrogens is 434 g/mol. The maximum atomic E-state index is 14.3. The van der Waals surface area contributed by atoms with Crippen molar-refractivity contribution < 1.29 is 14.4 Å². The number of ketones is 2. The van der Waals surface area contributed by atoms with Crippen molar-refractivity contribution in [2.75, 3.05) is 0 Å². The Morgan fingerprint density at radius 3 is 2.20 bits per heavy atom. The van der Waals surface area contributed by atoms with Gasteiger partial charge in [0.25, 0.3) is 0 Å². The first-order valence-corrected chi connectivity index (χ1v) is 13.8. The van der Waals surface area contributed by atoms with E-state index < -0.39 is 5.41 Å². The first kappa shape index (κ1) is 24.9. The van der Waals surface area contributed by atoms with E-state index in [0.717, 1.165) is 44.9 Å². The third-order valence-electron chi connectivity index (χ3n) is 12.7. The van der Waals surface area contributed by atoms with Crippen LogP contribution in [0.5, 0.6) is 0 Å². The monoisotopic (exact) mass is 477 g/mol. The first-order chi connectivity index (χ1) is 16.1. The largest absolute Gasteiger partial charge is 0.307 e. The molecule has 0 heterocycles. The Morgan fingerprint density at radius 2 is 1.57 bits per heavy atom. The predicted molar refractivity (Wildman–Crippen MR) is 136 cm³/mol. The molecule has 0 aromatic rings. The summed E-state index contributed by atoms with van der Waals surface area (Å²) in [7, 11) is 0. The molecule has 0 aromatic heterocycles. The van der Waals surface area contributed by atoms with Crippen LogP contribution in [0, 0.1) is 62.7 Å². The lowest BCUT2D eigenvalue weighted by atomic mass is 9.32. The SMILES string of the molecule is [C-]#[N+]C1=C[C@]2(C)[C@H]3CC(=O)[C@@H]4[C@@H]5CC(C)(C)CC[C@]5(C=O)CC[C@@]4(C)[C@]3(C)CC[C@H]2C(C)(C)C1=O. The van der Waals surface area contributed by atoms with Gasteiger partial charge in [0.05, 0.1) is 6.57 Å². The van der Waals surface area contributed by atoms with Crippen molar-refractivity contribution in [3.05, 3.63) is 23.2 Å². The second kappa shape index (κ2) is 7.17. The van der Waals surface area contributed by atoms with Crippen LogP contribution in [0.15, 0.2) is 11.8 Å². The van der Waals surface area contributed by atoms with Crippen LogP contribution in [-0.4, -0.2) is 17.9 Å². The fourth-order valence-corrected chi connectivity index (χ4v) is 10.5. The highest BCUT2D eigenvalue weighted by Crippen LogP contribution is 2.75. The van der Waals surface area contributed by atoms with E-state index in [1.54, 1.807) is 0 Å². The van der Waals surface area contributed by atoms with Crippen LogP contribution in [0.2, 0.25) is 0 Å². The molecule has 5 aliphatic rings. The minimum absolute atomic E-state index is 0.0392. The fraction of sp³-hybridized carbons (Fsp3) is 0.806. The Balaban J connectivity index is 1.64. The molecule has 4 saturated carbocycles. The highest BCUT2D eigenvalue weighted by Gasteiger charge is 2.72. The van der Waals surface area contributed by atoms with Crippen LogP contribution >= 0.6 is 0 Å². The van der Waals surface area contributed by atoms with Gasteiger partial charge in [-0.15, -0.1) is 0 Å². The molecule has 35 heavy (non-hydrogen) atoms. The van der Waals surface area contributed by atoms with Crippen LogP contribution in [0.25, 0.3) is 4.85 Å². The molecule has 5 rings (SSSR count). The van der Waals surface area contributed by atoms with E-state index in [9.17, 15) is 14.4 Å². The molecule has 4 nitrogen and oxygen atoms in total. The number of Topliss-reactive ketones (excluding diaryl/α,β-unsaturated/α-hetero) is 2. The van der Waals surface area contributed by atoms with E-state index in [4.69, 9.17) is 6.57 Å². The molecule has 0 bridgehead atoms. The number of nitrogens with zero attached hydrogens (tertiary/aromatic N) is 1. The maximum Gasteiger partial charge on any atom is 0.226 e. The Morgan fingerprint density at radius 1 is 0.914 bits per heavy atom. The molecule has 0 radical (unpaired) electrons.